The van der Waals surface area contributed by atoms with Crippen LogP contribution in [0.1, 0.15) is 44.7 Å². The fraction of sp³-hybridized carbons (Fsp3) is 0.423. The number of amides is 3. The van der Waals surface area contributed by atoms with E-state index in [0.717, 1.165) is 12.0 Å². The normalized spacial score (nSPS) is 13.6. The Hall–Kier alpha value is -3.19. The van der Waals surface area contributed by atoms with Gasteiger partial charge in [-0.3, -0.25) is 19.8 Å². The number of benzene rings is 2. The molecule has 7 nitrogen and oxygen atoms in total. The van der Waals surface area contributed by atoms with Crippen molar-refractivity contribution in [2.75, 3.05) is 0 Å². The van der Waals surface area contributed by atoms with Crippen LogP contribution in [0.3, 0.4) is 0 Å². The minimum Gasteiger partial charge on any atom is -0.344 e. The van der Waals surface area contributed by atoms with Gasteiger partial charge in [0.15, 0.2) is 0 Å². The molecule has 2 unspecified atom stereocenters. The minimum absolute atomic E-state index is 0.172. The highest BCUT2D eigenvalue weighted by molar-refractivity contribution is 5.92. The number of nitrogens with one attached hydrogen (secondary N) is 3. The molecule has 0 saturated carbocycles. The van der Waals surface area contributed by atoms with Gasteiger partial charge in [0.05, 0.1) is 0 Å². The smallest absolute Gasteiger partial charge is 0.256 e. The second kappa shape index (κ2) is 13.4. The van der Waals surface area contributed by atoms with Gasteiger partial charge in [-0.1, -0.05) is 81.4 Å². The van der Waals surface area contributed by atoms with Crippen LogP contribution in [0.2, 0.25) is 0 Å². The van der Waals surface area contributed by atoms with Gasteiger partial charge < -0.3 is 10.6 Å². The van der Waals surface area contributed by atoms with E-state index in [2.05, 4.69) is 16.1 Å². The number of carbonyl (C=O) groups is 3. The largest absolute Gasteiger partial charge is 0.344 e. The van der Waals surface area contributed by atoms with E-state index in [-0.39, 0.29) is 17.7 Å². The topological polar surface area (TPSA) is 113 Å². The Bertz CT molecular complexity index is 887. The third-order valence-electron chi connectivity index (χ3n) is 5.55. The number of carbonyl (C=O) groups excluding carboxylic acids is 3. The van der Waals surface area contributed by atoms with Gasteiger partial charge >= 0.3 is 0 Å². The van der Waals surface area contributed by atoms with E-state index >= 15 is 0 Å². The summed E-state index contributed by atoms with van der Waals surface area (Å²) >= 11 is 0. The molecule has 2 rings (SSSR count). The van der Waals surface area contributed by atoms with Crippen molar-refractivity contribution < 1.29 is 14.4 Å². The van der Waals surface area contributed by atoms with Crippen molar-refractivity contribution in [3.63, 3.8) is 0 Å². The van der Waals surface area contributed by atoms with Gasteiger partial charge in [-0.15, -0.1) is 0 Å². The summed E-state index contributed by atoms with van der Waals surface area (Å²) in [5.41, 5.74) is 4.19. The second-order valence-corrected chi connectivity index (χ2v) is 8.88. The Labute approximate surface area is 196 Å². The van der Waals surface area contributed by atoms with Crippen molar-refractivity contribution in [3.05, 3.63) is 71.8 Å². The average Bonchev–Trinajstić information content (AvgIpc) is 2.82. The predicted molar refractivity (Wildman–Crippen MR) is 130 cm³/mol. The molecule has 0 aromatic heterocycles. The van der Waals surface area contributed by atoms with Crippen molar-refractivity contribution >= 4 is 17.7 Å². The van der Waals surface area contributed by atoms with E-state index in [1.807, 2.05) is 81.4 Å². The van der Waals surface area contributed by atoms with Gasteiger partial charge in [-0.2, -0.15) is 0 Å². The fourth-order valence-corrected chi connectivity index (χ4v) is 3.61. The molecular formula is C26H36N4O3. The van der Waals surface area contributed by atoms with Crippen LogP contribution in [0.4, 0.5) is 0 Å². The van der Waals surface area contributed by atoms with Crippen molar-refractivity contribution in [2.45, 2.75) is 58.5 Å². The molecule has 2 aromatic rings. The van der Waals surface area contributed by atoms with Crippen LogP contribution >= 0.6 is 0 Å². The highest BCUT2D eigenvalue weighted by Crippen LogP contribution is 2.12. The lowest BCUT2D eigenvalue weighted by Gasteiger charge is -2.25. The van der Waals surface area contributed by atoms with Crippen molar-refractivity contribution in [2.24, 2.45) is 17.7 Å². The summed E-state index contributed by atoms with van der Waals surface area (Å²) in [5, 5.41) is 5.67. The zero-order valence-electron chi connectivity index (χ0n) is 19.7. The van der Waals surface area contributed by atoms with Crippen LogP contribution in [-0.2, 0) is 27.2 Å². The van der Waals surface area contributed by atoms with E-state index in [1.165, 1.54) is 5.56 Å². The second-order valence-electron chi connectivity index (χ2n) is 8.88. The molecular weight excluding hydrogens is 416 g/mol. The zero-order chi connectivity index (χ0) is 24.2. The monoisotopic (exact) mass is 452 g/mol. The van der Waals surface area contributed by atoms with Gasteiger partial charge in [0.1, 0.15) is 12.1 Å². The summed E-state index contributed by atoms with van der Waals surface area (Å²) in [4.78, 5) is 38.2. The Kier molecular flexibility index (Phi) is 10.6. The quantitative estimate of drug-likeness (QED) is 0.225. The number of nitrogens with two attached hydrogens (primary N) is 1. The molecule has 0 radical (unpaired) electrons. The van der Waals surface area contributed by atoms with Crippen LogP contribution in [0.25, 0.3) is 0 Å². The molecule has 7 heteroatoms. The van der Waals surface area contributed by atoms with Crippen LogP contribution in [0.15, 0.2) is 60.7 Å². The molecule has 178 valence electrons. The minimum atomic E-state index is -0.841. The summed E-state index contributed by atoms with van der Waals surface area (Å²) in [7, 11) is 0. The molecule has 5 N–H and O–H groups in total. The van der Waals surface area contributed by atoms with Crippen LogP contribution < -0.4 is 21.9 Å². The maximum atomic E-state index is 13.1. The molecule has 0 spiro atoms. The average molecular weight is 453 g/mol. The Morgan fingerprint density at radius 2 is 1.30 bits per heavy atom. The van der Waals surface area contributed by atoms with Gasteiger partial charge in [0.2, 0.25) is 11.8 Å². The lowest BCUT2D eigenvalue weighted by Crippen LogP contribution is -2.56. The van der Waals surface area contributed by atoms with E-state index < -0.39 is 23.9 Å². The van der Waals surface area contributed by atoms with Gasteiger partial charge in [-0.05, 0) is 36.3 Å². The molecule has 0 fully saturated rings. The molecule has 3 atom stereocenters. The maximum Gasteiger partial charge on any atom is 0.256 e. The first-order valence-corrected chi connectivity index (χ1v) is 11.5. The summed E-state index contributed by atoms with van der Waals surface area (Å²) in [6.07, 6.45) is 2.22. The first-order chi connectivity index (χ1) is 15.8. The Morgan fingerprint density at radius 3 is 1.85 bits per heavy atom. The SMILES string of the molecule is CC(C)C[C@H](NC(=O)C(C)CCc1ccccc1)C(=O)NC(Cc1ccccc1)C(=O)NN. The molecule has 0 aliphatic carbocycles. The molecule has 2 aromatic carbocycles. The lowest BCUT2D eigenvalue weighted by atomic mass is 9.98. The molecule has 0 aliphatic heterocycles. The molecule has 33 heavy (non-hydrogen) atoms. The third kappa shape index (κ3) is 9.06. The first-order valence-electron chi connectivity index (χ1n) is 11.5. The molecule has 0 bridgehead atoms. The highest BCUT2D eigenvalue weighted by Gasteiger charge is 2.28. The molecule has 0 saturated heterocycles. The predicted octanol–water partition coefficient (Wildman–Crippen LogP) is 2.50. The first kappa shape index (κ1) is 26.1. The van der Waals surface area contributed by atoms with E-state index in [0.29, 0.717) is 19.3 Å². The number of hydrogen-bond acceptors (Lipinski definition) is 4. The van der Waals surface area contributed by atoms with Crippen molar-refractivity contribution in [1.82, 2.24) is 16.1 Å². The van der Waals surface area contributed by atoms with E-state index in [1.54, 1.807) is 0 Å². The molecule has 0 aliphatic rings. The maximum absolute atomic E-state index is 13.1. The summed E-state index contributed by atoms with van der Waals surface area (Å²) in [6.45, 7) is 5.83. The fourth-order valence-electron chi connectivity index (χ4n) is 3.61. The third-order valence-corrected chi connectivity index (χ3v) is 5.55. The molecule has 0 heterocycles. The molecule has 3 amide bonds. The number of hydrogen-bond donors (Lipinski definition) is 4. The Morgan fingerprint density at radius 1 is 0.758 bits per heavy atom. The highest BCUT2D eigenvalue weighted by atomic mass is 16.2. The lowest BCUT2D eigenvalue weighted by molar-refractivity contribution is -0.133. The van der Waals surface area contributed by atoms with Crippen molar-refractivity contribution in [1.29, 1.82) is 0 Å². The van der Waals surface area contributed by atoms with Gasteiger partial charge in [0, 0.05) is 12.3 Å². The van der Waals surface area contributed by atoms with Crippen LogP contribution in [-0.4, -0.2) is 29.8 Å². The van der Waals surface area contributed by atoms with E-state index in [9.17, 15) is 14.4 Å². The van der Waals surface area contributed by atoms with Crippen molar-refractivity contribution in [3.8, 4) is 0 Å². The zero-order valence-corrected chi connectivity index (χ0v) is 19.7. The summed E-state index contributed by atoms with van der Waals surface area (Å²) in [5.74, 6) is 4.22. The van der Waals surface area contributed by atoms with E-state index in [4.69, 9.17) is 5.84 Å². The van der Waals surface area contributed by atoms with Crippen LogP contribution in [0.5, 0.6) is 0 Å². The number of hydrazine groups is 1. The summed E-state index contributed by atoms with van der Waals surface area (Å²) in [6, 6.07) is 17.8. The van der Waals surface area contributed by atoms with Gasteiger partial charge in [-0.25, -0.2) is 5.84 Å². The van der Waals surface area contributed by atoms with Crippen LogP contribution in [0, 0.1) is 11.8 Å². The summed E-state index contributed by atoms with van der Waals surface area (Å²) < 4.78 is 0. The van der Waals surface area contributed by atoms with Gasteiger partial charge in [0.25, 0.3) is 5.91 Å². The Balaban J connectivity index is 2.02. The number of aryl methyl sites for hydroxylation is 1. The number of rotatable bonds is 12. The standard InChI is InChI=1S/C26H36N4O3/c1-18(2)16-22(28-24(31)19(3)14-15-20-10-6-4-7-11-20)25(32)29-23(26(33)30-27)17-21-12-8-5-9-13-21/h4-13,18-19,22-23H,14-17,27H2,1-3H3,(H,28,31)(H,29,32)(H,30,33)/t19?,22-,23?/m0/s1.